The normalized spacial score (nSPS) is 23.3. The van der Waals surface area contributed by atoms with Crippen molar-refractivity contribution in [3.63, 3.8) is 0 Å². The first kappa shape index (κ1) is 29.6. The lowest BCUT2D eigenvalue weighted by molar-refractivity contribution is -0.123. The van der Waals surface area contributed by atoms with E-state index < -0.39 is 20.5 Å². The summed E-state index contributed by atoms with van der Waals surface area (Å²) in [6.07, 6.45) is 8.04. The Labute approximate surface area is 255 Å². The van der Waals surface area contributed by atoms with Crippen molar-refractivity contribution in [2.45, 2.75) is 62.0 Å². The Morgan fingerprint density at radius 1 is 1.02 bits per heavy atom. The largest absolute Gasteiger partial charge is 0.494 e. The number of amides is 1. The highest BCUT2D eigenvalue weighted by molar-refractivity contribution is 7.91. The highest BCUT2D eigenvalue weighted by atomic mass is 32.2. The third kappa shape index (κ3) is 4.81. The highest BCUT2D eigenvalue weighted by Crippen LogP contribution is 2.57. The lowest BCUT2D eigenvalue weighted by Gasteiger charge is -2.58. The van der Waals surface area contributed by atoms with Gasteiger partial charge >= 0.3 is 0 Å². The molecule has 8 nitrogen and oxygen atoms in total. The topological polar surface area (TPSA) is 101 Å². The van der Waals surface area contributed by atoms with Crippen LogP contribution in [0.5, 0.6) is 5.75 Å². The van der Waals surface area contributed by atoms with Gasteiger partial charge in [0.25, 0.3) is 0 Å². The summed E-state index contributed by atoms with van der Waals surface area (Å²) in [4.78, 5) is 18.8. The van der Waals surface area contributed by atoms with E-state index in [9.17, 15) is 13.2 Å². The van der Waals surface area contributed by atoms with E-state index in [2.05, 4.69) is 39.9 Å². The molecular formula is C34H42N4O4S. The van der Waals surface area contributed by atoms with E-state index in [1.54, 1.807) is 0 Å². The van der Waals surface area contributed by atoms with E-state index in [0.717, 1.165) is 73.2 Å². The van der Waals surface area contributed by atoms with Crippen LogP contribution in [0.1, 0.15) is 65.7 Å². The minimum Gasteiger partial charge on any atom is -0.494 e. The van der Waals surface area contributed by atoms with Gasteiger partial charge < -0.3 is 20.3 Å². The molecule has 4 heterocycles. The fourth-order valence-corrected chi connectivity index (χ4v) is 10.5. The minimum atomic E-state index is -3.71. The molecule has 3 aliphatic heterocycles. The molecule has 3 aromatic rings. The van der Waals surface area contributed by atoms with Gasteiger partial charge in [-0.15, -0.1) is 0 Å². The van der Waals surface area contributed by atoms with Gasteiger partial charge in [0.05, 0.1) is 16.8 Å². The number of carbonyl (C=O) groups is 1. The fraction of sp³-hybridized carbons (Fsp3) is 0.471. The lowest BCUT2D eigenvalue weighted by Crippen LogP contribution is -2.61. The van der Waals surface area contributed by atoms with Crippen LogP contribution in [0.3, 0.4) is 0 Å². The molecule has 0 radical (unpaired) electrons. The number of ether oxygens (including phenoxy) is 1. The van der Waals surface area contributed by atoms with Gasteiger partial charge in [-0.3, -0.25) is 9.78 Å². The number of carbonyl (C=O) groups excluding carboxylic acids is 1. The van der Waals surface area contributed by atoms with Gasteiger partial charge in [-0.25, -0.2) is 8.42 Å². The van der Waals surface area contributed by atoms with Crippen LogP contribution in [-0.2, 0) is 20.0 Å². The van der Waals surface area contributed by atoms with Gasteiger partial charge in [-0.05, 0) is 111 Å². The fourth-order valence-electron chi connectivity index (χ4n) is 8.16. The lowest BCUT2D eigenvalue weighted by atomic mass is 9.50. The second-order valence-electron chi connectivity index (χ2n) is 12.3. The number of anilines is 1. The maximum absolute atomic E-state index is 14.4. The van der Waals surface area contributed by atoms with Gasteiger partial charge in [-0.1, -0.05) is 18.2 Å². The Balaban J connectivity index is 1.50. The number of nitrogens with zero attached hydrogens (tertiary/aromatic N) is 2. The molecule has 2 saturated heterocycles. The molecule has 1 amide bonds. The van der Waals surface area contributed by atoms with E-state index in [1.165, 1.54) is 0 Å². The van der Waals surface area contributed by atoms with Crippen molar-refractivity contribution < 1.29 is 17.9 Å². The molecule has 2 N–H and O–H groups in total. The average Bonchev–Trinajstić information content (AvgIpc) is 3.03. The molecule has 6 rings (SSSR count). The van der Waals surface area contributed by atoms with E-state index in [1.807, 2.05) is 56.3 Å². The summed E-state index contributed by atoms with van der Waals surface area (Å²) in [5, 5.41) is 6.42. The van der Waals surface area contributed by atoms with Gasteiger partial charge in [0.1, 0.15) is 5.75 Å². The zero-order valence-corrected chi connectivity index (χ0v) is 26.2. The number of fused-ring (bicyclic) bond motifs is 1. The predicted molar refractivity (Wildman–Crippen MR) is 168 cm³/mol. The van der Waals surface area contributed by atoms with Crippen molar-refractivity contribution in [1.82, 2.24) is 15.2 Å². The van der Waals surface area contributed by atoms with Crippen LogP contribution in [0, 0.1) is 19.3 Å². The Hall–Kier alpha value is -3.43. The molecule has 0 saturated carbocycles. The Kier molecular flexibility index (Phi) is 7.98. The molecule has 2 unspecified atom stereocenters. The molecule has 0 bridgehead atoms. The van der Waals surface area contributed by atoms with Gasteiger partial charge in [0.15, 0.2) is 9.84 Å². The summed E-state index contributed by atoms with van der Waals surface area (Å²) in [7, 11) is -3.71. The number of likely N-dealkylation sites (tertiary alicyclic amines) is 1. The van der Waals surface area contributed by atoms with Crippen LogP contribution in [-0.4, -0.2) is 64.0 Å². The van der Waals surface area contributed by atoms with Gasteiger partial charge in [0.2, 0.25) is 6.41 Å². The van der Waals surface area contributed by atoms with Gasteiger partial charge in [0, 0.05) is 48.7 Å². The molecule has 1 aromatic heterocycles. The Bertz CT molecular complexity index is 1600. The molecule has 43 heavy (non-hydrogen) atoms. The van der Waals surface area contributed by atoms with Crippen molar-refractivity contribution in [3.05, 3.63) is 82.7 Å². The van der Waals surface area contributed by atoms with E-state index in [0.29, 0.717) is 42.3 Å². The maximum Gasteiger partial charge on any atom is 0.209 e. The zero-order chi connectivity index (χ0) is 30.2. The van der Waals surface area contributed by atoms with Crippen molar-refractivity contribution >= 4 is 21.9 Å². The number of nitrogens with one attached hydrogen (secondary N) is 2. The van der Waals surface area contributed by atoms with Crippen LogP contribution in [0.2, 0.25) is 0 Å². The quantitative estimate of drug-likeness (QED) is 0.369. The van der Waals surface area contributed by atoms with Gasteiger partial charge in [-0.2, -0.15) is 0 Å². The first-order chi connectivity index (χ1) is 20.8. The number of hydrogen-bond acceptors (Lipinski definition) is 7. The van der Waals surface area contributed by atoms with Crippen LogP contribution in [0.4, 0.5) is 5.69 Å². The zero-order valence-electron chi connectivity index (χ0n) is 25.4. The Morgan fingerprint density at radius 3 is 2.51 bits per heavy atom. The monoisotopic (exact) mass is 602 g/mol. The van der Waals surface area contributed by atoms with Crippen molar-refractivity contribution in [3.8, 4) is 5.75 Å². The predicted octanol–water partition coefficient (Wildman–Crippen LogP) is 4.95. The summed E-state index contributed by atoms with van der Waals surface area (Å²) in [6.45, 7) is 9.80. The third-order valence-electron chi connectivity index (χ3n) is 10.2. The summed E-state index contributed by atoms with van der Waals surface area (Å²) < 4.78 is 34.6. The standard InChI is InChI=1S/C34H42N4O4S/c1-4-42-30-8-5-24(2)32(25(30)3)43(40,41)31-11-17-37-29-21-27(6-7-28(29)31)34(26-9-15-35-16-10-26)22-38(23-39)20-14-33(34)12-18-36-19-13-33/h5-10,15-16,21,23,31,36-37H,4,11-14,17-20,22H2,1-3H3. The molecule has 2 aromatic carbocycles. The number of aryl methyl sites for hydroxylation is 1. The molecule has 0 aliphatic carbocycles. The first-order valence-corrected chi connectivity index (χ1v) is 17.0. The number of aromatic nitrogens is 1. The molecule has 228 valence electrons. The number of benzene rings is 2. The third-order valence-corrected chi connectivity index (χ3v) is 12.7. The summed E-state index contributed by atoms with van der Waals surface area (Å²) in [5.41, 5.74) is 4.80. The number of rotatable bonds is 7. The second kappa shape index (κ2) is 11.6. The van der Waals surface area contributed by atoms with Crippen LogP contribution in [0.15, 0.2) is 59.8 Å². The smallest absolute Gasteiger partial charge is 0.209 e. The second-order valence-corrected chi connectivity index (χ2v) is 14.4. The number of pyridine rings is 1. The Morgan fingerprint density at radius 2 is 1.79 bits per heavy atom. The number of piperidine rings is 2. The van der Waals surface area contributed by atoms with Crippen LogP contribution < -0.4 is 15.4 Å². The average molecular weight is 603 g/mol. The molecular weight excluding hydrogens is 560 g/mol. The minimum absolute atomic E-state index is 0.0541. The SMILES string of the molecule is CCOc1ccc(C)c(S(=O)(=O)C2CCNc3cc(C4(c5ccncc5)CN(C=O)CCC45CCNCC5)ccc32)c1C. The van der Waals surface area contributed by atoms with E-state index in [4.69, 9.17) is 4.74 Å². The first-order valence-electron chi connectivity index (χ1n) is 15.4. The summed E-state index contributed by atoms with van der Waals surface area (Å²) >= 11 is 0. The van der Waals surface area contributed by atoms with Crippen LogP contribution in [0.25, 0.3) is 0 Å². The number of hydrogen-bond donors (Lipinski definition) is 2. The van der Waals surface area contributed by atoms with Crippen molar-refractivity contribution in [2.75, 3.05) is 44.6 Å². The summed E-state index contributed by atoms with van der Waals surface area (Å²) in [5.74, 6) is 0.611. The molecule has 2 atom stereocenters. The molecule has 2 fully saturated rings. The van der Waals surface area contributed by atoms with Crippen molar-refractivity contribution in [1.29, 1.82) is 0 Å². The van der Waals surface area contributed by atoms with E-state index >= 15 is 0 Å². The van der Waals surface area contributed by atoms with E-state index in [-0.39, 0.29) is 5.41 Å². The maximum atomic E-state index is 14.4. The molecule has 3 aliphatic rings. The van der Waals surface area contributed by atoms with Crippen molar-refractivity contribution in [2.24, 2.45) is 5.41 Å². The number of sulfone groups is 1. The summed E-state index contributed by atoms with van der Waals surface area (Å²) in [6, 6.07) is 14.2. The molecule has 9 heteroatoms. The molecule has 1 spiro atoms. The highest BCUT2D eigenvalue weighted by Gasteiger charge is 2.56. The van der Waals surface area contributed by atoms with Crippen LogP contribution >= 0.6 is 0 Å².